The molecule has 0 unspecified atom stereocenters. The maximum atomic E-state index is 13.3. The van der Waals surface area contributed by atoms with Gasteiger partial charge in [0.1, 0.15) is 23.4 Å². The highest BCUT2D eigenvalue weighted by Crippen LogP contribution is 2.36. The van der Waals surface area contributed by atoms with Gasteiger partial charge in [-0.15, -0.1) is 11.8 Å². The summed E-state index contributed by atoms with van der Waals surface area (Å²) < 4.78 is 1.58. The molecule has 1 saturated heterocycles. The number of nitrogens with zero attached hydrogens (tertiary/aromatic N) is 4. The summed E-state index contributed by atoms with van der Waals surface area (Å²) in [7, 11) is 0. The first kappa shape index (κ1) is 16.6. The first-order valence-electron chi connectivity index (χ1n) is 8.49. The minimum atomic E-state index is -0.0542. The topological polar surface area (TPSA) is 51.0 Å². The van der Waals surface area contributed by atoms with Crippen molar-refractivity contribution >= 4 is 28.9 Å². The molecule has 0 atom stereocenters. The van der Waals surface area contributed by atoms with E-state index in [0.717, 1.165) is 29.4 Å². The minimum absolute atomic E-state index is 0.0542. The number of ketones is 1. The molecule has 0 spiro atoms. The molecule has 0 saturated carbocycles. The van der Waals surface area contributed by atoms with Crippen LogP contribution in [0.3, 0.4) is 0 Å². The second-order valence-corrected chi connectivity index (χ2v) is 6.96. The number of Topliss-reactive ketones (excluding diaryl/α,β-unsaturated/α-hetero) is 1. The smallest absolute Gasteiger partial charge is 0.214 e. The van der Waals surface area contributed by atoms with Crippen LogP contribution in [0.5, 0.6) is 0 Å². The van der Waals surface area contributed by atoms with Crippen molar-refractivity contribution in [3.05, 3.63) is 83.9 Å². The van der Waals surface area contributed by atoms with Crippen LogP contribution in [0, 0.1) is 0 Å². The number of carbonyl (C=O) groups is 1. The molecule has 6 heteroatoms. The van der Waals surface area contributed by atoms with Crippen LogP contribution in [-0.4, -0.2) is 32.8 Å². The number of thioether (sulfide) groups is 1. The molecular weight excluding hydrogens is 344 g/mol. The first-order valence-corrected chi connectivity index (χ1v) is 9.47. The lowest BCUT2D eigenvalue weighted by Gasteiger charge is -2.32. The second-order valence-electron chi connectivity index (χ2n) is 5.88. The van der Waals surface area contributed by atoms with Gasteiger partial charge in [0, 0.05) is 23.5 Å². The van der Waals surface area contributed by atoms with Crippen molar-refractivity contribution < 1.29 is 4.79 Å². The molecule has 26 heavy (non-hydrogen) atoms. The predicted octanol–water partition coefficient (Wildman–Crippen LogP) is 3.93. The zero-order chi connectivity index (χ0) is 17.8. The van der Waals surface area contributed by atoms with E-state index in [2.05, 4.69) is 27.1 Å². The second kappa shape index (κ2) is 7.58. The maximum absolute atomic E-state index is 13.3. The van der Waals surface area contributed by atoms with Crippen LogP contribution in [-0.2, 0) is 0 Å². The van der Waals surface area contributed by atoms with Crippen LogP contribution in [0.2, 0.25) is 0 Å². The van der Waals surface area contributed by atoms with Gasteiger partial charge in [-0.2, -0.15) is 5.10 Å². The average molecular weight is 362 g/mol. The number of allylic oxidation sites excluding steroid dienone is 1. The highest BCUT2D eigenvalue weighted by molar-refractivity contribution is 8.03. The number of rotatable bonds is 4. The fourth-order valence-electron chi connectivity index (χ4n) is 2.97. The van der Waals surface area contributed by atoms with Gasteiger partial charge in [-0.3, -0.25) is 4.79 Å². The van der Waals surface area contributed by atoms with Gasteiger partial charge in [-0.25, -0.2) is 9.67 Å². The number of carbonyl (C=O) groups excluding carboxylic acids is 1. The van der Waals surface area contributed by atoms with Gasteiger partial charge in [0.15, 0.2) is 0 Å². The lowest BCUT2D eigenvalue weighted by atomic mass is 10.1. The fourth-order valence-corrected chi connectivity index (χ4v) is 4.11. The van der Waals surface area contributed by atoms with E-state index in [1.807, 2.05) is 48.5 Å². The van der Waals surface area contributed by atoms with Crippen LogP contribution in [0.1, 0.15) is 16.8 Å². The van der Waals surface area contributed by atoms with E-state index in [4.69, 9.17) is 0 Å². The van der Waals surface area contributed by atoms with E-state index < -0.39 is 0 Å². The van der Waals surface area contributed by atoms with Crippen molar-refractivity contribution in [2.45, 2.75) is 6.42 Å². The SMILES string of the molecule is O=C(/C(=C1\SCCCN1c1ccccc1)n1cncn1)c1ccccc1. The summed E-state index contributed by atoms with van der Waals surface area (Å²) >= 11 is 1.69. The molecule has 2 heterocycles. The first-order chi connectivity index (χ1) is 12.8. The largest absolute Gasteiger partial charge is 0.334 e. The van der Waals surface area contributed by atoms with Crippen molar-refractivity contribution in [1.82, 2.24) is 14.8 Å². The molecule has 1 fully saturated rings. The summed E-state index contributed by atoms with van der Waals surface area (Å²) in [6, 6.07) is 19.5. The van der Waals surface area contributed by atoms with Crippen molar-refractivity contribution in [2.75, 3.05) is 17.2 Å². The Labute approximate surface area is 156 Å². The van der Waals surface area contributed by atoms with Crippen LogP contribution in [0.25, 0.3) is 5.70 Å². The van der Waals surface area contributed by atoms with Gasteiger partial charge >= 0.3 is 0 Å². The molecule has 5 nitrogen and oxygen atoms in total. The predicted molar refractivity (Wildman–Crippen MR) is 105 cm³/mol. The van der Waals surface area contributed by atoms with Crippen molar-refractivity contribution in [3.63, 3.8) is 0 Å². The summed E-state index contributed by atoms with van der Waals surface area (Å²) in [6.07, 6.45) is 4.11. The lowest BCUT2D eigenvalue weighted by molar-refractivity contribution is 0.104. The Bertz CT molecular complexity index is 908. The standard InChI is InChI=1S/C20H18N4OS/c25-19(16-8-3-1-4-9-16)18(24-15-21-14-22-24)20-23(12-7-13-26-20)17-10-5-2-6-11-17/h1-6,8-11,14-15H,7,12-13H2/b20-18+. The van der Waals surface area contributed by atoms with E-state index in [1.165, 1.54) is 6.33 Å². The third-order valence-electron chi connectivity index (χ3n) is 4.18. The third kappa shape index (κ3) is 3.28. The van der Waals surface area contributed by atoms with Crippen molar-refractivity contribution in [1.29, 1.82) is 0 Å². The van der Waals surface area contributed by atoms with Crippen LogP contribution in [0.4, 0.5) is 5.69 Å². The van der Waals surface area contributed by atoms with E-state index in [9.17, 15) is 4.79 Å². The van der Waals surface area contributed by atoms with Gasteiger partial charge in [-0.05, 0) is 18.6 Å². The van der Waals surface area contributed by atoms with Gasteiger partial charge < -0.3 is 4.90 Å². The van der Waals surface area contributed by atoms with Crippen molar-refractivity contribution in [2.24, 2.45) is 0 Å². The Morgan fingerprint density at radius 1 is 1.00 bits per heavy atom. The zero-order valence-corrected chi connectivity index (χ0v) is 15.0. The fraction of sp³-hybridized carbons (Fsp3) is 0.150. The maximum Gasteiger partial charge on any atom is 0.214 e. The minimum Gasteiger partial charge on any atom is -0.334 e. The Morgan fingerprint density at radius 2 is 1.73 bits per heavy atom. The van der Waals surface area contributed by atoms with Gasteiger partial charge in [0.2, 0.25) is 5.78 Å². The Hall–Kier alpha value is -2.86. The molecule has 3 aromatic rings. The normalized spacial score (nSPS) is 16.4. The number of benzene rings is 2. The molecule has 0 amide bonds. The molecule has 1 aliphatic rings. The molecule has 0 aliphatic carbocycles. The summed E-state index contributed by atoms with van der Waals surface area (Å²) in [5, 5.41) is 5.17. The number of hydrogen-bond donors (Lipinski definition) is 0. The van der Waals surface area contributed by atoms with Crippen LogP contribution < -0.4 is 4.90 Å². The molecule has 0 radical (unpaired) electrons. The molecule has 130 valence electrons. The summed E-state index contributed by atoms with van der Waals surface area (Å²) in [5.41, 5.74) is 2.26. The molecule has 1 aromatic heterocycles. The highest BCUT2D eigenvalue weighted by atomic mass is 32.2. The summed E-state index contributed by atoms with van der Waals surface area (Å²) in [4.78, 5) is 19.6. The Balaban J connectivity index is 1.87. The van der Waals surface area contributed by atoms with E-state index in [1.54, 1.807) is 22.8 Å². The highest BCUT2D eigenvalue weighted by Gasteiger charge is 2.27. The number of anilines is 1. The molecule has 0 bridgehead atoms. The lowest BCUT2D eigenvalue weighted by Crippen LogP contribution is -2.30. The van der Waals surface area contributed by atoms with Crippen LogP contribution in [0.15, 0.2) is 78.3 Å². The molecule has 0 N–H and O–H groups in total. The average Bonchev–Trinajstić information content (AvgIpc) is 3.24. The van der Waals surface area contributed by atoms with E-state index >= 15 is 0 Å². The van der Waals surface area contributed by atoms with Gasteiger partial charge in [0.25, 0.3) is 0 Å². The monoisotopic (exact) mass is 362 g/mol. The Kier molecular flexibility index (Phi) is 4.84. The molecule has 2 aromatic carbocycles. The number of aromatic nitrogens is 3. The van der Waals surface area contributed by atoms with E-state index in [0.29, 0.717) is 11.3 Å². The summed E-state index contributed by atoms with van der Waals surface area (Å²) in [6.45, 7) is 0.868. The number of para-hydroxylation sites is 1. The third-order valence-corrected chi connectivity index (χ3v) is 5.36. The Morgan fingerprint density at radius 3 is 2.42 bits per heavy atom. The zero-order valence-electron chi connectivity index (χ0n) is 14.2. The van der Waals surface area contributed by atoms with Gasteiger partial charge in [-0.1, -0.05) is 48.5 Å². The molecule has 4 rings (SSSR count). The summed E-state index contributed by atoms with van der Waals surface area (Å²) in [5.74, 6) is 0.917. The van der Waals surface area contributed by atoms with E-state index in [-0.39, 0.29) is 5.78 Å². The molecule has 1 aliphatic heterocycles. The molecular formula is C20H18N4OS. The quantitative estimate of drug-likeness (QED) is 0.520. The van der Waals surface area contributed by atoms with Crippen molar-refractivity contribution in [3.8, 4) is 0 Å². The van der Waals surface area contributed by atoms with Crippen LogP contribution >= 0.6 is 11.8 Å². The van der Waals surface area contributed by atoms with Gasteiger partial charge in [0.05, 0.1) is 0 Å². The number of hydrogen-bond acceptors (Lipinski definition) is 5.